The van der Waals surface area contributed by atoms with E-state index in [1.165, 1.54) is 82.6 Å². The van der Waals surface area contributed by atoms with Crippen molar-refractivity contribution in [2.45, 2.75) is 109 Å². The van der Waals surface area contributed by atoms with Crippen LogP contribution < -0.4 is 0 Å². The highest BCUT2D eigenvalue weighted by Gasteiger charge is 2.20. The molecular formula is C26H45NO. The van der Waals surface area contributed by atoms with E-state index in [0.717, 1.165) is 19.3 Å². The van der Waals surface area contributed by atoms with E-state index in [9.17, 15) is 4.79 Å². The highest BCUT2D eigenvalue weighted by atomic mass is 16.1. The highest BCUT2D eigenvalue weighted by Crippen LogP contribution is 2.15. The van der Waals surface area contributed by atoms with Crippen LogP contribution in [0.1, 0.15) is 102 Å². The van der Waals surface area contributed by atoms with E-state index in [-0.39, 0.29) is 6.04 Å². The molecule has 0 aliphatic heterocycles. The summed E-state index contributed by atoms with van der Waals surface area (Å²) in [6.45, 7) is 2.28. The van der Waals surface area contributed by atoms with Crippen LogP contribution in [0.4, 0.5) is 0 Å². The molecule has 160 valence electrons. The lowest BCUT2D eigenvalue weighted by Gasteiger charge is -2.23. The minimum Gasteiger partial charge on any atom is -0.299 e. The van der Waals surface area contributed by atoms with Gasteiger partial charge in [-0.25, -0.2) is 0 Å². The molecule has 1 rings (SSSR count). The number of Topliss-reactive ketones (excluding diaryl/α,β-unsaturated/α-hetero) is 1. The molecule has 0 saturated carbocycles. The molecule has 28 heavy (non-hydrogen) atoms. The minimum atomic E-state index is 0.0136. The van der Waals surface area contributed by atoms with Gasteiger partial charge in [0, 0.05) is 6.42 Å². The maximum absolute atomic E-state index is 12.6. The Kier molecular flexibility index (Phi) is 14.9. The van der Waals surface area contributed by atoms with Crippen molar-refractivity contribution in [3.63, 3.8) is 0 Å². The van der Waals surface area contributed by atoms with E-state index < -0.39 is 0 Å². The maximum atomic E-state index is 12.6. The summed E-state index contributed by atoms with van der Waals surface area (Å²) in [6.07, 6.45) is 19.1. The van der Waals surface area contributed by atoms with Gasteiger partial charge in [-0.15, -0.1) is 0 Å². The van der Waals surface area contributed by atoms with Crippen molar-refractivity contribution >= 4 is 5.78 Å². The lowest BCUT2D eigenvalue weighted by atomic mass is 9.97. The van der Waals surface area contributed by atoms with Gasteiger partial charge < -0.3 is 0 Å². The van der Waals surface area contributed by atoms with Gasteiger partial charge in [0.1, 0.15) is 5.78 Å². The molecule has 0 bridgehead atoms. The molecule has 0 heterocycles. The fourth-order valence-electron chi connectivity index (χ4n) is 3.91. The lowest BCUT2D eigenvalue weighted by Crippen LogP contribution is -2.37. The summed E-state index contributed by atoms with van der Waals surface area (Å²) in [5.41, 5.74) is 1.25. The number of carbonyl (C=O) groups excluding carboxylic acids is 1. The van der Waals surface area contributed by atoms with Crippen LogP contribution in [0.5, 0.6) is 0 Å². The van der Waals surface area contributed by atoms with Crippen molar-refractivity contribution in [1.29, 1.82) is 0 Å². The lowest BCUT2D eigenvalue weighted by molar-refractivity contribution is -0.123. The fourth-order valence-corrected chi connectivity index (χ4v) is 3.91. The second-order valence-electron chi connectivity index (χ2n) is 8.63. The summed E-state index contributed by atoms with van der Waals surface area (Å²) in [7, 11) is 4.05. The molecular weight excluding hydrogens is 342 g/mol. The van der Waals surface area contributed by atoms with Gasteiger partial charge >= 0.3 is 0 Å². The Morgan fingerprint density at radius 1 is 0.750 bits per heavy atom. The second-order valence-corrected chi connectivity index (χ2v) is 8.63. The molecule has 0 amide bonds. The van der Waals surface area contributed by atoms with Crippen molar-refractivity contribution < 1.29 is 4.79 Å². The Hall–Kier alpha value is -1.15. The van der Waals surface area contributed by atoms with Gasteiger partial charge in [-0.3, -0.25) is 9.69 Å². The van der Waals surface area contributed by atoms with Crippen LogP contribution in [0.25, 0.3) is 0 Å². The van der Waals surface area contributed by atoms with E-state index in [0.29, 0.717) is 5.78 Å². The van der Waals surface area contributed by atoms with Crippen LogP contribution in [0.2, 0.25) is 0 Å². The molecule has 2 heteroatoms. The average Bonchev–Trinajstić information content (AvgIpc) is 2.70. The average molecular weight is 388 g/mol. The minimum absolute atomic E-state index is 0.0136. The zero-order chi connectivity index (χ0) is 20.5. The predicted octanol–water partition coefficient (Wildman–Crippen LogP) is 7.21. The Bertz CT molecular complexity index is 482. The van der Waals surface area contributed by atoms with Crippen molar-refractivity contribution in [1.82, 2.24) is 4.90 Å². The van der Waals surface area contributed by atoms with Gasteiger partial charge in [0.15, 0.2) is 0 Å². The number of unbranched alkanes of at least 4 members (excludes halogenated alkanes) is 12. The first-order valence-electron chi connectivity index (χ1n) is 11.9. The zero-order valence-corrected chi connectivity index (χ0v) is 18.9. The van der Waals surface area contributed by atoms with Gasteiger partial charge in [-0.1, -0.05) is 114 Å². The molecule has 0 fully saturated rings. The van der Waals surface area contributed by atoms with Crippen LogP contribution in [-0.4, -0.2) is 30.8 Å². The van der Waals surface area contributed by atoms with Gasteiger partial charge in [0.2, 0.25) is 0 Å². The second kappa shape index (κ2) is 16.8. The first-order chi connectivity index (χ1) is 13.6. The van der Waals surface area contributed by atoms with E-state index in [4.69, 9.17) is 0 Å². The molecule has 1 aromatic rings. The third-order valence-electron chi connectivity index (χ3n) is 5.79. The molecule has 0 radical (unpaired) electrons. The summed E-state index contributed by atoms with van der Waals surface area (Å²) in [5.74, 6) is 0.400. The van der Waals surface area contributed by atoms with E-state index in [1.807, 2.05) is 20.2 Å². The Balaban J connectivity index is 2.03. The summed E-state index contributed by atoms with van der Waals surface area (Å²) in [6, 6.07) is 10.4. The molecule has 0 saturated heterocycles. The smallest absolute Gasteiger partial charge is 0.150 e. The number of nitrogens with zero attached hydrogens (tertiary/aromatic N) is 1. The quantitative estimate of drug-likeness (QED) is 0.248. The van der Waals surface area contributed by atoms with Crippen molar-refractivity contribution in [3.8, 4) is 0 Å². The number of likely N-dealkylation sites (N-methyl/N-ethyl adjacent to an activating group) is 1. The standard InChI is InChI=1S/C26H45NO/c1-4-5-6-7-8-9-10-11-12-13-14-15-19-22-26(28)25(27(2)3)23-24-20-17-16-18-21-24/h16-18,20-21,25H,4-15,19,22-23H2,1-3H3. The Morgan fingerprint density at radius 2 is 1.21 bits per heavy atom. The van der Waals surface area contributed by atoms with Crippen molar-refractivity contribution in [2.75, 3.05) is 14.1 Å². The normalized spacial score (nSPS) is 12.4. The number of carbonyl (C=O) groups is 1. The molecule has 0 aliphatic carbocycles. The Labute approximate surface area is 175 Å². The van der Waals surface area contributed by atoms with Crippen LogP contribution in [0.3, 0.4) is 0 Å². The Morgan fingerprint density at radius 3 is 1.68 bits per heavy atom. The maximum Gasteiger partial charge on any atom is 0.150 e. The number of ketones is 1. The highest BCUT2D eigenvalue weighted by molar-refractivity contribution is 5.84. The van der Waals surface area contributed by atoms with Gasteiger partial charge in [0.25, 0.3) is 0 Å². The van der Waals surface area contributed by atoms with Crippen molar-refractivity contribution in [2.24, 2.45) is 0 Å². The van der Waals surface area contributed by atoms with Crippen LogP contribution in [0.15, 0.2) is 30.3 Å². The van der Waals surface area contributed by atoms with Gasteiger partial charge in [-0.05, 0) is 32.5 Å². The number of hydrogen-bond acceptors (Lipinski definition) is 2. The molecule has 1 unspecified atom stereocenters. The SMILES string of the molecule is CCCCCCCCCCCCCCCC(=O)C(Cc1ccccc1)N(C)C. The zero-order valence-electron chi connectivity index (χ0n) is 18.9. The van der Waals surface area contributed by atoms with E-state index >= 15 is 0 Å². The van der Waals surface area contributed by atoms with Crippen LogP contribution in [0, 0.1) is 0 Å². The summed E-state index contributed by atoms with van der Waals surface area (Å²) in [4.78, 5) is 14.7. The molecule has 2 nitrogen and oxygen atoms in total. The predicted molar refractivity (Wildman–Crippen MR) is 123 cm³/mol. The van der Waals surface area contributed by atoms with Crippen LogP contribution in [-0.2, 0) is 11.2 Å². The molecule has 1 aromatic carbocycles. The van der Waals surface area contributed by atoms with E-state index in [1.54, 1.807) is 0 Å². The van der Waals surface area contributed by atoms with Crippen LogP contribution >= 0.6 is 0 Å². The first-order valence-corrected chi connectivity index (χ1v) is 11.9. The van der Waals surface area contributed by atoms with Gasteiger partial charge in [-0.2, -0.15) is 0 Å². The molecule has 0 aliphatic rings. The topological polar surface area (TPSA) is 20.3 Å². The third kappa shape index (κ3) is 12.3. The summed E-state index contributed by atoms with van der Waals surface area (Å²) < 4.78 is 0. The van der Waals surface area contributed by atoms with Crippen molar-refractivity contribution in [3.05, 3.63) is 35.9 Å². The van der Waals surface area contributed by atoms with Gasteiger partial charge in [0.05, 0.1) is 6.04 Å². The number of benzene rings is 1. The molecule has 0 N–H and O–H groups in total. The largest absolute Gasteiger partial charge is 0.299 e. The molecule has 0 spiro atoms. The fraction of sp³-hybridized carbons (Fsp3) is 0.731. The summed E-state index contributed by atoms with van der Waals surface area (Å²) in [5, 5.41) is 0. The van der Waals surface area contributed by atoms with E-state index in [2.05, 4.69) is 36.1 Å². The third-order valence-corrected chi connectivity index (χ3v) is 5.79. The molecule has 1 atom stereocenters. The number of hydrogen-bond donors (Lipinski definition) is 0. The monoisotopic (exact) mass is 387 g/mol. The summed E-state index contributed by atoms with van der Waals surface area (Å²) >= 11 is 0. The molecule has 0 aromatic heterocycles. The number of rotatable bonds is 18. The first kappa shape index (κ1) is 24.9.